The monoisotopic (exact) mass is 218 g/mol. The maximum atomic E-state index is 10.6. The van der Waals surface area contributed by atoms with Gasteiger partial charge in [0.1, 0.15) is 11.8 Å². The average molecular weight is 218 g/mol. The molecule has 0 aromatic carbocycles. The van der Waals surface area contributed by atoms with Gasteiger partial charge in [-0.25, -0.2) is 0 Å². The number of ether oxygens (including phenoxy) is 1. The number of nitrogens with two attached hydrogens (primary N) is 2. The van der Waals surface area contributed by atoms with Crippen molar-refractivity contribution in [3.05, 3.63) is 0 Å². The summed E-state index contributed by atoms with van der Waals surface area (Å²) in [4.78, 5) is 20.6. The molecule has 0 rings (SSSR count). The van der Waals surface area contributed by atoms with Crippen molar-refractivity contribution < 1.29 is 14.3 Å². The summed E-state index contributed by atoms with van der Waals surface area (Å²) in [6.45, 7) is 7.17. The highest BCUT2D eigenvalue weighted by Gasteiger charge is 2.06. The van der Waals surface area contributed by atoms with E-state index in [1.807, 2.05) is 6.92 Å². The maximum Gasteiger partial charge on any atom is 0.322 e. The number of esters is 1. The van der Waals surface area contributed by atoms with Gasteiger partial charge in [0.25, 0.3) is 0 Å². The molecule has 5 heteroatoms. The van der Waals surface area contributed by atoms with E-state index in [0.29, 0.717) is 6.61 Å². The standard InChI is InChI=1S/C6H13NO2.C4H9NO/c1-3-4-9-6(8)5(2)7;1-3(5)4(2)6/h5H,3-4,7H2,1-2H3;3H,5H2,1-2H3. The number of Topliss-reactive ketones (excluding diaryl/α,β-unsaturated/α-hetero) is 1. The summed E-state index contributed by atoms with van der Waals surface area (Å²) in [6.07, 6.45) is 0.846. The van der Waals surface area contributed by atoms with Crippen LogP contribution in [-0.2, 0) is 14.3 Å². The molecule has 0 bridgehead atoms. The Morgan fingerprint density at radius 2 is 1.60 bits per heavy atom. The van der Waals surface area contributed by atoms with Gasteiger partial charge in [0.15, 0.2) is 0 Å². The largest absolute Gasteiger partial charge is 0.465 e. The molecule has 0 saturated heterocycles. The molecule has 0 saturated carbocycles. The summed E-state index contributed by atoms with van der Waals surface area (Å²) >= 11 is 0. The molecule has 5 nitrogen and oxygen atoms in total. The summed E-state index contributed by atoms with van der Waals surface area (Å²) in [6, 6.07) is -0.776. The Balaban J connectivity index is 0. The van der Waals surface area contributed by atoms with Gasteiger partial charge in [0.05, 0.1) is 12.6 Å². The molecule has 0 aliphatic heterocycles. The lowest BCUT2D eigenvalue weighted by molar-refractivity contribution is -0.144. The molecule has 4 N–H and O–H groups in total. The zero-order valence-corrected chi connectivity index (χ0v) is 9.95. The summed E-state index contributed by atoms with van der Waals surface area (Å²) in [5.74, 6) is -0.285. The third-order valence-corrected chi connectivity index (χ3v) is 1.46. The van der Waals surface area contributed by atoms with E-state index in [4.69, 9.17) is 11.5 Å². The third kappa shape index (κ3) is 13.1. The van der Waals surface area contributed by atoms with E-state index < -0.39 is 6.04 Å². The number of hydrogen-bond acceptors (Lipinski definition) is 5. The van der Waals surface area contributed by atoms with Gasteiger partial charge in [-0.1, -0.05) is 6.92 Å². The lowest BCUT2D eigenvalue weighted by Gasteiger charge is -2.03. The van der Waals surface area contributed by atoms with Gasteiger partial charge in [-0.3, -0.25) is 9.59 Å². The van der Waals surface area contributed by atoms with Crippen molar-refractivity contribution in [3.63, 3.8) is 0 Å². The highest BCUT2D eigenvalue weighted by Crippen LogP contribution is 1.85. The quantitative estimate of drug-likeness (QED) is 0.658. The predicted octanol–water partition coefficient (Wildman–Crippen LogP) is 0.209. The molecule has 0 aliphatic rings. The van der Waals surface area contributed by atoms with Crippen LogP contribution in [0.25, 0.3) is 0 Å². The van der Waals surface area contributed by atoms with Crippen molar-refractivity contribution in [3.8, 4) is 0 Å². The second-order valence-electron chi connectivity index (χ2n) is 3.36. The van der Waals surface area contributed by atoms with Crippen LogP contribution in [0.1, 0.15) is 34.1 Å². The second-order valence-corrected chi connectivity index (χ2v) is 3.36. The Morgan fingerprint density at radius 1 is 1.20 bits per heavy atom. The number of carbonyl (C=O) groups excluding carboxylic acids is 2. The number of ketones is 1. The van der Waals surface area contributed by atoms with Crippen molar-refractivity contribution in [1.29, 1.82) is 0 Å². The highest BCUT2D eigenvalue weighted by molar-refractivity contribution is 5.80. The molecule has 0 aliphatic carbocycles. The molecular weight excluding hydrogens is 196 g/mol. The van der Waals surface area contributed by atoms with Crippen LogP contribution in [0.3, 0.4) is 0 Å². The van der Waals surface area contributed by atoms with Crippen LogP contribution in [-0.4, -0.2) is 30.4 Å². The second kappa shape index (κ2) is 9.61. The van der Waals surface area contributed by atoms with E-state index in [-0.39, 0.29) is 17.8 Å². The Bertz CT molecular complexity index is 191. The van der Waals surface area contributed by atoms with E-state index in [1.54, 1.807) is 13.8 Å². The Morgan fingerprint density at radius 3 is 1.80 bits per heavy atom. The summed E-state index contributed by atoms with van der Waals surface area (Å²) in [7, 11) is 0. The van der Waals surface area contributed by atoms with Crippen molar-refractivity contribution in [2.45, 2.75) is 46.2 Å². The molecule has 0 fully saturated rings. The molecule has 0 heterocycles. The number of hydrogen-bond donors (Lipinski definition) is 2. The summed E-state index contributed by atoms with van der Waals surface area (Å²) in [5, 5.41) is 0. The Labute approximate surface area is 91.1 Å². The zero-order valence-electron chi connectivity index (χ0n) is 9.95. The molecular formula is C10H22N2O3. The zero-order chi connectivity index (χ0) is 12.4. The first-order valence-corrected chi connectivity index (χ1v) is 5.01. The fourth-order valence-electron chi connectivity index (χ4n) is 0.334. The van der Waals surface area contributed by atoms with Gasteiger partial charge in [0.2, 0.25) is 0 Å². The van der Waals surface area contributed by atoms with Crippen LogP contribution in [0.15, 0.2) is 0 Å². The first-order chi connectivity index (χ1) is 6.82. The van der Waals surface area contributed by atoms with Gasteiger partial charge in [-0.15, -0.1) is 0 Å². The van der Waals surface area contributed by atoms with Crippen LogP contribution in [0.5, 0.6) is 0 Å². The van der Waals surface area contributed by atoms with Gasteiger partial charge in [-0.2, -0.15) is 0 Å². The lowest BCUT2D eigenvalue weighted by Crippen LogP contribution is -2.28. The van der Waals surface area contributed by atoms with Crippen molar-refractivity contribution in [1.82, 2.24) is 0 Å². The van der Waals surface area contributed by atoms with E-state index in [9.17, 15) is 9.59 Å². The number of rotatable bonds is 4. The van der Waals surface area contributed by atoms with Gasteiger partial charge in [-0.05, 0) is 27.2 Å². The maximum absolute atomic E-state index is 10.6. The van der Waals surface area contributed by atoms with Crippen LogP contribution in [0.4, 0.5) is 0 Å². The SMILES string of the molecule is CC(=O)C(C)N.CCCOC(=O)C(C)N. The van der Waals surface area contributed by atoms with Gasteiger partial charge < -0.3 is 16.2 Å². The number of carbonyl (C=O) groups is 2. The molecule has 0 radical (unpaired) electrons. The minimum absolute atomic E-state index is 0.0370. The Hall–Kier alpha value is -0.940. The average Bonchev–Trinajstić information content (AvgIpc) is 2.14. The van der Waals surface area contributed by atoms with Crippen molar-refractivity contribution >= 4 is 11.8 Å². The lowest BCUT2D eigenvalue weighted by atomic mass is 10.3. The first kappa shape index (κ1) is 16.5. The minimum atomic E-state index is -0.489. The van der Waals surface area contributed by atoms with E-state index in [1.165, 1.54) is 6.92 Å². The molecule has 15 heavy (non-hydrogen) atoms. The Kier molecular flexibility index (Phi) is 10.6. The topological polar surface area (TPSA) is 95.4 Å². The fourth-order valence-corrected chi connectivity index (χ4v) is 0.334. The fraction of sp³-hybridized carbons (Fsp3) is 0.800. The molecule has 0 aromatic rings. The van der Waals surface area contributed by atoms with E-state index in [0.717, 1.165) is 6.42 Å². The minimum Gasteiger partial charge on any atom is -0.465 e. The summed E-state index contributed by atoms with van der Waals surface area (Å²) < 4.78 is 4.69. The van der Waals surface area contributed by atoms with Crippen molar-refractivity contribution in [2.75, 3.05) is 6.61 Å². The van der Waals surface area contributed by atoms with Crippen molar-refractivity contribution in [2.24, 2.45) is 11.5 Å². The molecule has 90 valence electrons. The molecule has 0 spiro atoms. The highest BCUT2D eigenvalue weighted by atomic mass is 16.5. The molecule has 2 atom stereocenters. The third-order valence-electron chi connectivity index (χ3n) is 1.46. The van der Waals surface area contributed by atoms with Gasteiger partial charge in [0, 0.05) is 0 Å². The predicted molar refractivity (Wildman–Crippen MR) is 59.2 cm³/mol. The summed E-state index contributed by atoms with van der Waals surface area (Å²) in [5.41, 5.74) is 10.3. The molecule has 0 amide bonds. The molecule has 2 unspecified atom stereocenters. The van der Waals surface area contributed by atoms with Crippen LogP contribution in [0, 0.1) is 0 Å². The van der Waals surface area contributed by atoms with Crippen LogP contribution in [0.2, 0.25) is 0 Å². The van der Waals surface area contributed by atoms with Crippen LogP contribution >= 0.6 is 0 Å². The van der Waals surface area contributed by atoms with Crippen LogP contribution < -0.4 is 11.5 Å². The smallest absolute Gasteiger partial charge is 0.322 e. The van der Waals surface area contributed by atoms with Gasteiger partial charge >= 0.3 is 5.97 Å². The van der Waals surface area contributed by atoms with E-state index in [2.05, 4.69) is 4.74 Å². The normalized spacial score (nSPS) is 13.2. The molecule has 0 aromatic heterocycles. The first-order valence-electron chi connectivity index (χ1n) is 5.01. The van der Waals surface area contributed by atoms with E-state index >= 15 is 0 Å².